The van der Waals surface area contributed by atoms with Crippen LogP contribution in [0.15, 0.2) is 0 Å². The molecule has 0 saturated heterocycles. The molecule has 0 aliphatic carbocycles. The Morgan fingerprint density at radius 1 is 0.667 bits per heavy atom. The minimum atomic E-state index is 0.554. The summed E-state index contributed by atoms with van der Waals surface area (Å²) in [5.41, 5.74) is 0. The van der Waals surface area contributed by atoms with Gasteiger partial charge in [-0.25, -0.2) is 0 Å². The fraction of sp³-hybridized carbons (Fsp3) is 1.00. The molecule has 1 N–H and O–H groups in total. The standard InChI is InChI=1S/C16H34BN/c1-3-5-7-9-11-13-15-16(18-17)14-12-10-8-6-4-2/h16,18H,3-15H2,1-2H3. The van der Waals surface area contributed by atoms with E-state index < -0.39 is 0 Å². The Kier molecular flexibility index (Phi) is 15.1. The van der Waals surface area contributed by atoms with E-state index in [1.165, 1.54) is 83.5 Å². The first kappa shape index (κ1) is 18.0. The van der Waals surface area contributed by atoms with Crippen molar-refractivity contribution < 1.29 is 0 Å². The zero-order chi connectivity index (χ0) is 13.5. The fourth-order valence-electron chi connectivity index (χ4n) is 2.48. The Morgan fingerprint density at radius 3 is 1.44 bits per heavy atom. The maximum atomic E-state index is 5.63. The average molecular weight is 251 g/mol. The summed E-state index contributed by atoms with van der Waals surface area (Å²) < 4.78 is 0. The molecule has 0 rings (SSSR count). The van der Waals surface area contributed by atoms with Gasteiger partial charge in [0.05, 0.1) is 0 Å². The quantitative estimate of drug-likeness (QED) is 0.333. The van der Waals surface area contributed by atoms with Gasteiger partial charge in [0.1, 0.15) is 0 Å². The van der Waals surface area contributed by atoms with Gasteiger partial charge >= 0.3 is 0 Å². The monoisotopic (exact) mass is 251 g/mol. The highest BCUT2D eigenvalue weighted by molar-refractivity contribution is 6.04. The molecule has 0 fully saturated rings. The van der Waals surface area contributed by atoms with E-state index in [1.807, 2.05) is 0 Å². The van der Waals surface area contributed by atoms with Crippen molar-refractivity contribution in [2.24, 2.45) is 0 Å². The number of rotatable bonds is 14. The lowest BCUT2D eigenvalue weighted by Gasteiger charge is -2.16. The van der Waals surface area contributed by atoms with Crippen LogP contribution in [0.1, 0.15) is 97.3 Å². The van der Waals surface area contributed by atoms with Crippen LogP contribution < -0.4 is 5.23 Å². The number of hydrogen-bond acceptors (Lipinski definition) is 1. The molecule has 0 aliphatic heterocycles. The van der Waals surface area contributed by atoms with E-state index in [0.29, 0.717) is 6.04 Å². The molecule has 2 radical (unpaired) electrons. The SMILES string of the molecule is [B]NC(CCCCCCC)CCCCCCCC. The summed E-state index contributed by atoms with van der Waals surface area (Å²) in [6.45, 7) is 4.54. The first-order valence-corrected chi connectivity index (χ1v) is 8.31. The van der Waals surface area contributed by atoms with Crippen molar-refractivity contribution in [2.75, 3.05) is 0 Å². The highest BCUT2D eigenvalue weighted by atomic mass is 14.8. The van der Waals surface area contributed by atoms with Gasteiger partial charge in [-0.3, -0.25) is 0 Å². The van der Waals surface area contributed by atoms with Gasteiger partial charge in [0.2, 0.25) is 0 Å². The molecule has 0 saturated carbocycles. The fourth-order valence-corrected chi connectivity index (χ4v) is 2.48. The molecule has 0 aromatic rings. The molecule has 1 atom stereocenters. The van der Waals surface area contributed by atoms with Crippen LogP contribution in [0.5, 0.6) is 0 Å². The minimum absolute atomic E-state index is 0.554. The van der Waals surface area contributed by atoms with Crippen molar-refractivity contribution >= 4 is 7.98 Å². The summed E-state index contributed by atoms with van der Waals surface area (Å²) in [4.78, 5) is 0. The van der Waals surface area contributed by atoms with Gasteiger partial charge in [0.15, 0.2) is 7.98 Å². The first-order chi connectivity index (χ1) is 8.85. The maximum absolute atomic E-state index is 5.63. The third-order valence-electron chi connectivity index (χ3n) is 3.80. The van der Waals surface area contributed by atoms with Gasteiger partial charge in [-0.15, -0.1) is 0 Å². The van der Waals surface area contributed by atoms with Crippen LogP contribution in [0.2, 0.25) is 0 Å². The molecule has 0 heterocycles. The lowest BCUT2D eigenvalue weighted by Crippen LogP contribution is -2.26. The predicted molar refractivity (Wildman–Crippen MR) is 84.0 cm³/mol. The molecule has 0 aromatic heterocycles. The molecule has 0 amide bonds. The zero-order valence-electron chi connectivity index (χ0n) is 12.8. The van der Waals surface area contributed by atoms with Crippen LogP contribution >= 0.6 is 0 Å². The molecule has 1 unspecified atom stereocenters. The lowest BCUT2D eigenvalue weighted by molar-refractivity contribution is 0.464. The van der Waals surface area contributed by atoms with E-state index in [9.17, 15) is 0 Å². The third kappa shape index (κ3) is 12.5. The van der Waals surface area contributed by atoms with Crippen molar-refractivity contribution in [3.05, 3.63) is 0 Å². The molecule has 0 spiro atoms. The van der Waals surface area contributed by atoms with Crippen molar-refractivity contribution in [1.29, 1.82) is 0 Å². The predicted octanol–water partition coefficient (Wildman–Crippen LogP) is 5.14. The molecular formula is C16H34BN. The van der Waals surface area contributed by atoms with Gasteiger partial charge in [0.25, 0.3) is 0 Å². The van der Waals surface area contributed by atoms with Crippen LogP contribution in [-0.4, -0.2) is 14.0 Å². The van der Waals surface area contributed by atoms with Gasteiger partial charge < -0.3 is 5.23 Å². The van der Waals surface area contributed by atoms with Gasteiger partial charge in [0, 0.05) is 0 Å². The first-order valence-electron chi connectivity index (χ1n) is 8.31. The zero-order valence-corrected chi connectivity index (χ0v) is 12.8. The van der Waals surface area contributed by atoms with Gasteiger partial charge in [-0.1, -0.05) is 84.5 Å². The van der Waals surface area contributed by atoms with E-state index in [2.05, 4.69) is 19.1 Å². The second kappa shape index (κ2) is 15.1. The lowest BCUT2D eigenvalue weighted by atomic mass is 9.99. The Bertz CT molecular complexity index is 150. The van der Waals surface area contributed by atoms with E-state index in [0.717, 1.165) is 0 Å². The molecule has 0 bridgehead atoms. The number of nitrogens with one attached hydrogen (secondary N) is 1. The van der Waals surface area contributed by atoms with Crippen molar-refractivity contribution in [3.63, 3.8) is 0 Å². The summed E-state index contributed by atoms with van der Waals surface area (Å²) in [6.07, 6.45) is 17.6. The summed E-state index contributed by atoms with van der Waals surface area (Å²) in [5.74, 6) is 0. The third-order valence-corrected chi connectivity index (χ3v) is 3.80. The summed E-state index contributed by atoms with van der Waals surface area (Å²) in [5, 5.41) is 3.00. The molecule has 18 heavy (non-hydrogen) atoms. The molecule has 2 heteroatoms. The largest absolute Gasteiger partial charge is 0.364 e. The maximum Gasteiger partial charge on any atom is 0.178 e. The van der Waals surface area contributed by atoms with E-state index in [1.54, 1.807) is 0 Å². The number of unbranched alkanes of at least 4 members (excludes halogenated alkanes) is 9. The van der Waals surface area contributed by atoms with Crippen LogP contribution in [0.3, 0.4) is 0 Å². The summed E-state index contributed by atoms with van der Waals surface area (Å²) in [6, 6.07) is 0.554. The second-order valence-corrected chi connectivity index (χ2v) is 5.62. The topological polar surface area (TPSA) is 12.0 Å². The minimum Gasteiger partial charge on any atom is -0.364 e. The van der Waals surface area contributed by atoms with Gasteiger partial charge in [-0.2, -0.15) is 0 Å². The Labute approximate surface area is 117 Å². The second-order valence-electron chi connectivity index (χ2n) is 5.62. The molecule has 106 valence electrons. The van der Waals surface area contributed by atoms with Crippen molar-refractivity contribution in [2.45, 2.75) is 103 Å². The van der Waals surface area contributed by atoms with Crippen molar-refractivity contribution in [1.82, 2.24) is 5.23 Å². The smallest absolute Gasteiger partial charge is 0.178 e. The van der Waals surface area contributed by atoms with Crippen LogP contribution in [0.4, 0.5) is 0 Å². The highest BCUT2D eigenvalue weighted by Crippen LogP contribution is 2.13. The Hall–Kier alpha value is 0.0249. The number of hydrogen-bond donors (Lipinski definition) is 1. The van der Waals surface area contributed by atoms with Gasteiger partial charge in [-0.05, 0) is 18.9 Å². The van der Waals surface area contributed by atoms with E-state index in [4.69, 9.17) is 7.98 Å². The van der Waals surface area contributed by atoms with E-state index >= 15 is 0 Å². The molecule has 0 aliphatic rings. The van der Waals surface area contributed by atoms with Crippen LogP contribution in [0, 0.1) is 0 Å². The van der Waals surface area contributed by atoms with Crippen LogP contribution in [0.25, 0.3) is 0 Å². The Morgan fingerprint density at radius 2 is 1.06 bits per heavy atom. The van der Waals surface area contributed by atoms with Crippen LogP contribution in [-0.2, 0) is 0 Å². The average Bonchev–Trinajstić information content (AvgIpc) is 2.40. The molecule has 0 aromatic carbocycles. The summed E-state index contributed by atoms with van der Waals surface area (Å²) in [7, 11) is 5.63. The normalized spacial score (nSPS) is 12.8. The van der Waals surface area contributed by atoms with Crippen molar-refractivity contribution in [3.8, 4) is 0 Å². The molecule has 1 nitrogen and oxygen atoms in total. The highest BCUT2D eigenvalue weighted by Gasteiger charge is 2.04. The molecular weight excluding hydrogens is 217 g/mol. The Balaban J connectivity index is 3.29. The summed E-state index contributed by atoms with van der Waals surface area (Å²) >= 11 is 0. The van der Waals surface area contributed by atoms with E-state index in [-0.39, 0.29) is 0 Å².